The van der Waals surface area contributed by atoms with Crippen molar-refractivity contribution in [3.05, 3.63) is 22.7 Å². The van der Waals surface area contributed by atoms with E-state index in [1.54, 1.807) is 25.3 Å². The predicted molar refractivity (Wildman–Crippen MR) is 59.1 cm³/mol. The average molecular weight is 277 g/mol. The highest BCUT2D eigenvalue weighted by atomic mass is 79.9. The molecule has 84 valence electrons. The van der Waals surface area contributed by atoms with Crippen LogP contribution in [0.25, 0.3) is 0 Å². The summed E-state index contributed by atoms with van der Waals surface area (Å²) in [6.45, 7) is 1.08. The van der Waals surface area contributed by atoms with Gasteiger partial charge < -0.3 is 19.3 Å². The van der Waals surface area contributed by atoms with E-state index < -0.39 is 0 Å². The first kappa shape index (κ1) is 12.3. The molecule has 15 heavy (non-hydrogen) atoms. The van der Waals surface area contributed by atoms with Crippen molar-refractivity contribution >= 4 is 15.9 Å². The third kappa shape index (κ3) is 4.51. The van der Waals surface area contributed by atoms with E-state index >= 15 is 0 Å². The molecule has 0 spiro atoms. The van der Waals surface area contributed by atoms with Crippen LogP contribution in [0.3, 0.4) is 0 Å². The zero-order valence-electron chi connectivity index (χ0n) is 8.40. The molecule has 0 unspecified atom stereocenters. The molecule has 1 aromatic carbocycles. The molecular weight excluding hydrogens is 264 g/mol. The molecule has 4 nitrogen and oxygen atoms in total. The molecule has 0 atom stereocenters. The number of methoxy groups -OCH3 is 1. The second-order valence-corrected chi connectivity index (χ2v) is 3.69. The van der Waals surface area contributed by atoms with Gasteiger partial charge in [0.05, 0.1) is 13.2 Å². The van der Waals surface area contributed by atoms with Crippen molar-refractivity contribution < 1.29 is 19.3 Å². The van der Waals surface area contributed by atoms with Crippen molar-refractivity contribution in [3.8, 4) is 11.5 Å². The highest BCUT2D eigenvalue weighted by Gasteiger charge is 2.02. The van der Waals surface area contributed by atoms with Gasteiger partial charge >= 0.3 is 0 Å². The monoisotopic (exact) mass is 276 g/mol. The van der Waals surface area contributed by atoms with Gasteiger partial charge in [-0.15, -0.1) is 0 Å². The van der Waals surface area contributed by atoms with Crippen molar-refractivity contribution in [2.24, 2.45) is 0 Å². The van der Waals surface area contributed by atoms with Crippen molar-refractivity contribution in [1.29, 1.82) is 0 Å². The largest absolute Gasteiger partial charge is 0.504 e. The molecule has 0 aliphatic rings. The number of rotatable bonds is 6. The van der Waals surface area contributed by atoms with Crippen LogP contribution in [0, 0.1) is 0 Å². The number of phenols is 1. The van der Waals surface area contributed by atoms with Gasteiger partial charge in [-0.2, -0.15) is 0 Å². The quantitative estimate of drug-likeness (QED) is 0.639. The van der Waals surface area contributed by atoms with Gasteiger partial charge in [0.25, 0.3) is 0 Å². The van der Waals surface area contributed by atoms with Crippen LogP contribution in [0.1, 0.15) is 0 Å². The Morgan fingerprint density at radius 1 is 1.33 bits per heavy atom. The van der Waals surface area contributed by atoms with Crippen molar-refractivity contribution in [2.45, 2.75) is 0 Å². The summed E-state index contributed by atoms with van der Waals surface area (Å²) in [5.74, 6) is 0.482. The summed E-state index contributed by atoms with van der Waals surface area (Å²) in [6.07, 6.45) is 0. The van der Waals surface area contributed by atoms with Crippen LogP contribution in [-0.2, 0) is 9.47 Å². The summed E-state index contributed by atoms with van der Waals surface area (Å²) < 4.78 is 15.9. The first-order chi connectivity index (χ1) is 7.24. The summed E-state index contributed by atoms with van der Waals surface area (Å²) >= 11 is 3.28. The molecule has 0 aliphatic carbocycles. The fraction of sp³-hybridized carbons (Fsp3) is 0.400. The molecule has 0 aliphatic heterocycles. The van der Waals surface area contributed by atoms with Gasteiger partial charge in [-0.1, -0.05) is 15.9 Å². The molecular formula is C10H13BrO4. The Hall–Kier alpha value is -0.780. The SMILES string of the molecule is COCCOCOc1cc(Br)ccc1O. The van der Waals surface area contributed by atoms with Crippen LogP contribution in [0.4, 0.5) is 0 Å². The summed E-state index contributed by atoms with van der Waals surface area (Å²) in [4.78, 5) is 0. The Balaban J connectivity index is 2.33. The first-order valence-electron chi connectivity index (χ1n) is 4.42. The lowest BCUT2D eigenvalue weighted by atomic mass is 10.3. The molecule has 0 amide bonds. The Morgan fingerprint density at radius 3 is 2.87 bits per heavy atom. The lowest BCUT2D eigenvalue weighted by Crippen LogP contribution is -2.07. The highest BCUT2D eigenvalue weighted by Crippen LogP contribution is 2.28. The van der Waals surface area contributed by atoms with Crippen LogP contribution in [0.15, 0.2) is 22.7 Å². The highest BCUT2D eigenvalue weighted by molar-refractivity contribution is 9.10. The van der Waals surface area contributed by atoms with Crippen LogP contribution < -0.4 is 4.74 Å². The topological polar surface area (TPSA) is 47.9 Å². The van der Waals surface area contributed by atoms with Gasteiger partial charge in [0.15, 0.2) is 18.3 Å². The van der Waals surface area contributed by atoms with Gasteiger partial charge in [0.2, 0.25) is 0 Å². The molecule has 0 fully saturated rings. The number of hydrogen-bond donors (Lipinski definition) is 1. The molecule has 0 aromatic heterocycles. The van der Waals surface area contributed by atoms with Gasteiger partial charge in [-0.3, -0.25) is 0 Å². The van der Waals surface area contributed by atoms with E-state index in [1.165, 1.54) is 0 Å². The second-order valence-electron chi connectivity index (χ2n) is 2.78. The second kappa shape index (κ2) is 6.66. The lowest BCUT2D eigenvalue weighted by Gasteiger charge is -2.08. The summed E-state index contributed by atoms with van der Waals surface area (Å²) in [5.41, 5.74) is 0. The number of benzene rings is 1. The van der Waals surface area contributed by atoms with Crippen LogP contribution in [-0.4, -0.2) is 32.2 Å². The zero-order chi connectivity index (χ0) is 11.1. The molecule has 0 saturated heterocycles. The number of ether oxygens (including phenoxy) is 3. The van der Waals surface area contributed by atoms with Gasteiger partial charge in [-0.25, -0.2) is 0 Å². The van der Waals surface area contributed by atoms with Gasteiger partial charge in [0.1, 0.15) is 0 Å². The van der Waals surface area contributed by atoms with Crippen LogP contribution in [0.2, 0.25) is 0 Å². The van der Waals surface area contributed by atoms with E-state index in [4.69, 9.17) is 14.2 Å². The molecule has 1 rings (SSSR count). The Kier molecular flexibility index (Phi) is 5.45. The van der Waals surface area contributed by atoms with Crippen LogP contribution >= 0.6 is 15.9 Å². The average Bonchev–Trinajstić information content (AvgIpc) is 2.23. The Morgan fingerprint density at radius 2 is 2.13 bits per heavy atom. The lowest BCUT2D eigenvalue weighted by molar-refractivity contribution is -0.00947. The zero-order valence-corrected chi connectivity index (χ0v) is 9.99. The molecule has 0 saturated carbocycles. The Labute approximate surface area is 96.9 Å². The van der Waals surface area contributed by atoms with E-state index in [9.17, 15) is 5.11 Å². The maximum atomic E-state index is 9.41. The predicted octanol–water partition coefficient (Wildman–Crippen LogP) is 2.15. The third-order valence-corrected chi connectivity index (χ3v) is 2.14. The molecule has 0 radical (unpaired) electrons. The van der Waals surface area contributed by atoms with E-state index in [2.05, 4.69) is 15.9 Å². The molecule has 5 heteroatoms. The number of phenolic OH excluding ortho intramolecular Hbond substituents is 1. The maximum Gasteiger partial charge on any atom is 0.189 e. The molecule has 1 aromatic rings. The fourth-order valence-corrected chi connectivity index (χ4v) is 1.25. The minimum atomic E-state index is 0.0906. The molecule has 0 heterocycles. The molecule has 1 N–H and O–H groups in total. The van der Waals surface area contributed by atoms with Gasteiger partial charge in [0, 0.05) is 11.6 Å². The molecule has 0 bridgehead atoms. The van der Waals surface area contributed by atoms with E-state index in [-0.39, 0.29) is 12.5 Å². The van der Waals surface area contributed by atoms with Gasteiger partial charge in [-0.05, 0) is 18.2 Å². The minimum Gasteiger partial charge on any atom is -0.504 e. The summed E-state index contributed by atoms with van der Waals surface area (Å²) in [7, 11) is 1.60. The smallest absolute Gasteiger partial charge is 0.189 e. The van der Waals surface area contributed by atoms with Crippen molar-refractivity contribution in [1.82, 2.24) is 0 Å². The Bertz CT molecular complexity index is 303. The number of halogens is 1. The van der Waals surface area contributed by atoms with Crippen LogP contribution in [0.5, 0.6) is 11.5 Å². The third-order valence-electron chi connectivity index (χ3n) is 1.65. The number of aromatic hydroxyl groups is 1. The fourth-order valence-electron chi connectivity index (χ4n) is 0.910. The number of hydrogen-bond acceptors (Lipinski definition) is 4. The maximum absolute atomic E-state index is 9.41. The summed E-state index contributed by atoms with van der Waals surface area (Å²) in [5, 5.41) is 9.41. The van der Waals surface area contributed by atoms with E-state index in [0.717, 1.165) is 4.47 Å². The van der Waals surface area contributed by atoms with E-state index in [1.807, 2.05) is 0 Å². The van der Waals surface area contributed by atoms with Crippen molar-refractivity contribution in [2.75, 3.05) is 27.1 Å². The summed E-state index contributed by atoms with van der Waals surface area (Å²) in [6, 6.07) is 4.96. The first-order valence-corrected chi connectivity index (χ1v) is 5.21. The van der Waals surface area contributed by atoms with E-state index in [0.29, 0.717) is 19.0 Å². The minimum absolute atomic E-state index is 0.0906. The normalized spacial score (nSPS) is 10.3. The standard InChI is InChI=1S/C10H13BrO4/c1-13-4-5-14-7-15-10-6-8(11)2-3-9(10)12/h2-3,6,12H,4-5,7H2,1H3. The van der Waals surface area contributed by atoms with Crippen molar-refractivity contribution in [3.63, 3.8) is 0 Å².